The Kier molecular flexibility index (Phi) is 6.69. The molecule has 0 heterocycles. The van der Waals surface area contributed by atoms with Gasteiger partial charge in [0, 0.05) is 0 Å². The maximum absolute atomic E-state index is 11.3. The maximum Gasteiger partial charge on any atom is 0.323 e. The van der Waals surface area contributed by atoms with Crippen LogP contribution in [0.4, 0.5) is 0 Å². The Morgan fingerprint density at radius 1 is 0.944 bits per heavy atom. The molecule has 3 nitrogen and oxygen atoms in total. The third kappa shape index (κ3) is 4.97. The molecule has 1 aliphatic rings. The molecule has 0 unspecified atom stereocenters. The predicted octanol–water partition coefficient (Wildman–Crippen LogP) is 3.71. The molecular weight excluding hydrogens is 226 g/mol. The van der Waals surface area contributed by atoms with Gasteiger partial charge in [0.15, 0.2) is 0 Å². The quantitative estimate of drug-likeness (QED) is 0.790. The lowest BCUT2D eigenvalue weighted by Crippen LogP contribution is -2.51. The molecule has 0 spiro atoms. The predicted molar refractivity (Wildman–Crippen MR) is 74.5 cm³/mol. The van der Waals surface area contributed by atoms with Crippen molar-refractivity contribution in [1.29, 1.82) is 0 Å². The molecule has 0 bridgehead atoms. The summed E-state index contributed by atoms with van der Waals surface area (Å²) in [6, 6.07) is 0. The molecular formula is C15H29NO2. The fourth-order valence-electron chi connectivity index (χ4n) is 2.94. The van der Waals surface area contributed by atoms with Crippen LogP contribution in [0.15, 0.2) is 0 Å². The molecule has 1 saturated carbocycles. The summed E-state index contributed by atoms with van der Waals surface area (Å²) in [6.45, 7) is 1.69. The summed E-state index contributed by atoms with van der Waals surface area (Å²) in [5, 5.41) is 9.26. The summed E-state index contributed by atoms with van der Waals surface area (Å²) in [6.07, 6.45) is 13.3. The molecule has 106 valence electrons. The third-order valence-electron chi connectivity index (χ3n) is 4.41. The molecule has 3 heteroatoms. The summed E-state index contributed by atoms with van der Waals surface area (Å²) < 4.78 is 0. The van der Waals surface area contributed by atoms with Gasteiger partial charge in [0.05, 0.1) is 0 Å². The van der Waals surface area contributed by atoms with Gasteiger partial charge in [-0.15, -0.1) is 0 Å². The van der Waals surface area contributed by atoms with Crippen LogP contribution in [0, 0.1) is 5.92 Å². The van der Waals surface area contributed by atoms with Crippen molar-refractivity contribution in [3.63, 3.8) is 0 Å². The van der Waals surface area contributed by atoms with Crippen molar-refractivity contribution in [1.82, 2.24) is 0 Å². The first-order chi connectivity index (χ1) is 8.55. The summed E-state index contributed by atoms with van der Waals surface area (Å²) in [5.74, 6) is -0.714. The van der Waals surface area contributed by atoms with Crippen LogP contribution in [-0.2, 0) is 4.79 Å². The molecule has 1 fully saturated rings. The zero-order valence-electron chi connectivity index (χ0n) is 11.8. The highest BCUT2D eigenvalue weighted by molar-refractivity contribution is 5.78. The van der Waals surface area contributed by atoms with E-state index >= 15 is 0 Å². The van der Waals surface area contributed by atoms with E-state index in [9.17, 15) is 9.90 Å². The van der Waals surface area contributed by atoms with Crippen LogP contribution in [0.3, 0.4) is 0 Å². The van der Waals surface area contributed by atoms with Crippen LogP contribution in [0.25, 0.3) is 0 Å². The van der Waals surface area contributed by atoms with Crippen molar-refractivity contribution in [2.24, 2.45) is 11.7 Å². The fourth-order valence-corrected chi connectivity index (χ4v) is 2.94. The Morgan fingerprint density at radius 3 is 1.61 bits per heavy atom. The van der Waals surface area contributed by atoms with E-state index in [1.165, 1.54) is 44.9 Å². The van der Waals surface area contributed by atoms with Crippen LogP contribution in [0.5, 0.6) is 0 Å². The first-order valence-corrected chi connectivity index (χ1v) is 7.57. The van der Waals surface area contributed by atoms with Crippen LogP contribution >= 0.6 is 0 Å². The molecule has 0 aromatic rings. The number of aliphatic carboxylic acids is 1. The normalized spacial score (nSPS) is 24.6. The van der Waals surface area contributed by atoms with Gasteiger partial charge >= 0.3 is 5.97 Å². The van der Waals surface area contributed by atoms with Gasteiger partial charge in [0.2, 0.25) is 0 Å². The van der Waals surface area contributed by atoms with Gasteiger partial charge in [-0.2, -0.15) is 0 Å². The number of carboxylic acids is 1. The summed E-state index contributed by atoms with van der Waals surface area (Å²) in [4.78, 5) is 11.3. The van der Waals surface area contributed by atoms with Crippen LogP contribution < -0.4 is 5.73 Å². The van der Waals surface area contributed by atoms with E-state index in [0.717, 1.165) is 25.7 Å². The first kappa shape index (κ1) is 15.5. The molecule has 0 radical (unpaired) electrons. The second-order valence-electron chi connectivity index (χ2n) is 6.04. The summed E-state index contributed by atoms with van der Waals surface area (Å²) in [7, 11) is 0. The number of hydrogen-bond acceptors (Lipinski definition) is 2. The maximum atomic E-state index is 11.3. The number of carbonyl (C=O) groups is 1. The standard InChI is InChI=1S/C15H29NO2/c1-15(16,14(17)18)13-11-9-7-5-3-2-4-6-8-10-12-13/h13H,2-12,16H2,1H3,(H,17,18)/t15-/m1/s1. The molecule has 1 rings (SSSR count). The Labute approximate surface area is 111 Å². The Morgan fingerprint density at radius 2 is 1.28 bits per heavy atom. The lowest BCUT2D eigenvalue weighted by Gasteiger charge is -2.30. The average Bonchev–Trinajstić information content (AvgIpc) is 2.29. The molecule has 0 aromatic heterocycles. The first-order valence-electron chi connectivity index (χ1n) is 7.57. The average molecular weight is 255 g/mol. The van der Waals surface area contributed by atoms with E-state index in [1.807, 2.05) is 0 Å². The minimum Gasteiger partial charge on any atom is -0.480 e. The SMILES string of the molecule is C[C@](N)(C(=O)O)C1CCCCCCCCCCC1. The van der Waals surface area contributed by atoms with Crippen molar-refractivity contribution in [2.45, 2.75) is 83.1 Å². The summed E-state index contributed by atoms with van der Waals surface area (Å²) in [5.41, 5.74) is 4.96. The number of carboxylic acid groups (broad SMARTS) is 1. The highest BCUT2D eigenvalue weighted by Crippen LogP contribution is 2.28. The number of hydrogen-bond donors (Lipinski definition) is 2. The van der Waals surface area contributed by atoms with Gasteiger partial charge in [-0.3, -0.25) is 4.79 Å². The van der Waals surface area contributed by atoms with E-state index < -0.39 is 11.5 Å². The van der Waals surface area contributed by atoms with Gasteiger partial charge in [0.25, 0.3) is 0 Å². The topological polar surface area (TPSA) is 63.3 Å². The highest BCUT2D eigenvalue weighted by atomic mass is 16.4. The van der Waals surface area contributed by atoms with Crippen LogP contribution in [-0.4, -0.2) is 16.6 Å². The molecule has 0 saturated heterocycles. The largest absolute Gasteiger partial charge is 0.480 e. The molecule has 0 aromatic carbocycles. The molecule has 1 aliphatic carbocycles. The molecule has 0 amide bonds. The lowest BCUT2D eigenvalue weighted by atomic mass is 9.79. The smallest absolute Gasteiger partial charge is 0.323 e. The second kappa shape index (κ2) is 7.78. The Balaban J connectivity index is 2.53. The minimum absolute atomic E-state index is 0.134. The molecule has 18 heavy (non-hydrogen) atoms. The number of nitrogens with two attached hydrogens (primary N) is 1. The van der Waals surface area contributed by atoms with E-state index in [0.29, 0.717) is 0 Å². The summed E-state index contributed by atoms with van der Waals surface area (Å²) >= 11 is 0. The van der Waals surface area contributed by atoms with Gasteiger partial charge in [-0.1, -0.05) is 57.8 Å². The van der Waals surface area contributed by atoms with Gasteiger partial charge in [-0.05, 0) is 25.7 Å². The monoisotopic (exact) mass is 255 g/mol. The van der Waals surface area contributed by atoms with Gasteiger partial charge < -0.3 is 10.8 Å². The Hall–Kier alpha value is -0.570. The fraction of sp³-hybridized carbons (Fsp3) is 0.933. The zero-order chi connectivity index (χ0) is 13.4. The Bertz CT molecular complexity index is 239. The second-order valence-corrected chi connectivity index (χ2v) is 6.04. The van der Waals surface area contributed by atoms with E-state index in [-0.39, 0.29) is 5.92 Å². The minimum atomic E-state index is -1.05. The van der Waals surface area contributed by atoms with E-state index in [4.69, 9.17) is 5.73 Å². The lowest BCUT2D eigenvalue weighted by molar-refractivity contribution is -0.145. The number of rotatable bonds is 2. The van der Waals surface area contributed by atoms with Gasteiger partial charge in [-0.25, -0.2) is 0 Å². The van der Waals surface area contributed by atoms with Crippen LogP contribution in [0.2, 0.25) is 0 Å². The highest BCUT2D eigenvalue weighted by Gasteiger charge is 2.36. The molecule has 0 aliphatic heterocycles. The zero-order valence-corrected chi connectivity index (χ0v) is 11.8. The van der Waals surface area contributed by atoms with Crippen molar-refractivity contribution >= 4 is 5.97 Å². The van der Waals surface area contributed by atoms with E-state index in [1.54, 1.807) is 6.92 Å². The third-order valence-corrected chi connectivity index (χ3v) is 4.41. The van der Waals surface area contributed by atoms with E-state index in [2.05, 4.69) is 0 Å². The van der Waals surface area contributed by atoms with Gasteiger partial charge in [0.1, 0.15) is 5.54 Å². The molecule has 1 atom stereocenters. The van der Waals surface area contributed by atoms with Crippen molar-refractivity contribution < 1.29 is 9.90 Å². The van der Waals surface area contributed by atoms with Crippen molar-refractivity contribution in [2.75, 3.05) is 0 Å². The van der Waals surface area contributed by atoms with Crippen LogP contribution in [0.1, 0.15) is 77.6 Å². The molecule has 3 N–H and O–H groups in total. The van der Waals surface area contributed by atoms with Crippen molar-refractivity contribution in [3.05, 3.63) is 0 Å². The van der Waals surface area contributed by atoms with Crippen molar-refractivity contribution in [3.8, 4) is 0 Å².